The van der Waals surface area contributed by atoms with Gasteiger partial charge in [-0.05, 0) is 37.3 Å². The summed E-state index contributed by atoms with van der Waals surface area (Å²) in [4.78, 5) is 4.21. The quantitative estimate of drug-likeness (QED) is 0.508. The molecule has 0 aliphatic rings. The van der Waals surface area contributed by atoms with Crippen molar-refractivity contribution in [2.24, 2.45) is 0 Å². The second-order valence-electron chi connectivity index (χ2n) is 5.33. The van der Waals surface area contributed by atoms with Gasteiger partial charge in [-0.1, -0.05) is 12.0 Å². The van der Waals surface area contributed by atoms with Gasteiger partial charge in [0, 0.05) is 24.0 Å². The zero-order valence-corrected chi connectivity index (χ0v) is 13.8. The fourth-order valence-electron chi connectivity index (χ4n) is 2.39. The van der Waals surface area contributed by atoms with Crippen molar-refractivity contribution in [2.75, 3.05) is 13.2 Å². The standard InChI is InChI=1S/C20H17FN2O2/c1-3-16-7-8-20(19(21)13-16)25-12-11-24-18-6-4-5-17(14-18)23-10-9-22-15(23)2/h1,4-10,13-14H,11-12H2,2H3. The average Bonchev–Trinajstić information content (AvgIpc) is 3.06. The number of benzene rings is 2. The van der Waals surface area contributed by atoms with E-state index in [2.05, 4.69) is 10.9 Å². The number of aromatic nitrogens is 2. The molecule has 3 aromatic rings. The summed E-state index contributed by atoms with van der Waals surface area (Å²) in [5.74, 6) is 3.66. The van der Waals surface area contributed by atoms with Crippen LogP contribution in [0.5, 0.6) is 11.5 Å². The summed E-state index contributed by atoms with van der Waals surface area (Å²) in [5.41, 5.74) is 1.44. The molecule has 0 aliphatic carbocycles. The van der Waals surface area contributed by atoms with Crippen LogP contribution < -0.4 is 9.47 Å². The predicted octanol–water partition coefficient (Wildman–Crippen LogP) is 3.76. The molecule has 1 heterocycles. The van der Waals surface area contributed by atoms with Crippen molar-refractivity contribution in [2.45, 2.75) is 6.92 Å². The Morgan fingerprint density at radius 1 is 1.16 bits per heavy atom. The topological polar surface area (TPSA) is 36.3 Å². The summed E-state index contributed by atoms with van der Waals surface area (Å²) in [6, 6.07) is 12.1. The van der Waals surface area contributed by atoms with Gasteiger partial charge in [-0.25, -0.2) is 9.37 Å². The minimum atomic E-state index is -0.479. The Bertz CT molecular complexity index is 912. The molecule has 0 aliphatic heterocycles. The molecule has 0 amide bonds. The molecule has 0 spiro atoms. The lowest BCUT2D eigenvalue weighted by Crippen LogP contribution is -2.10. The Balaban J connectivity index is 1.56. The fourth-order valence-corrected chi connectivity index (χ4v) is 2.39. The Morgan fingerprint density at radius 2 is 2.00 bits per heavy atom. The van der Waals surface area contributed by atoms with E-state index in [0.29, 0.717) is 17.9 Å². The lowest BCUT2D eigenvalue weighted by molar-refractivity contribution is 0.211. The number of ether oxygens (including phenoxy) is 2. The highest BCUT2D eigenvalue weighted by molar-refractivity contribution is 5.40. The lowest BCUT2D eigenvalue weighted by Gasteiger charge is -2.11. The second kappa shape index (κ2) is 7.54. The van der Waals surface area contributed by atoms with Crippen molar-refractivity contribution in [1.29, 1.82) is 0 Å². The van der Waals surface area contributed by atoms with Crippen LogP contribution in [0, 0.1) is 25.1 Å². The molecule has 0 unspecified atom stereocenters. The van der Waals surface area contributed by atoms with Crippen LogP contribution in [0.2, 0.25) is 0 Å². The van der Waals surface area contributed by atoms with Crippen LogP contribution in [-0.4, -0.2) is 22.8 Å². The SMILES string of the molecule is C#Cc1ccc(OCCOc2cccc(-n3ccnc3C)c2)c(F)c1. The van der Waals surface area contributed by atoms with E-state index in [1.807, 2.05) is 42.0 Å². The van der Waals surface area contributed by atoms with Crippen molar-refractivity contribution in [1.82, 2.24) is 9.55 Å². The molecule has 0 bridgehead atoms. The minimum Gasteiger partial charge on any atom is -0.490 e. The van der Waals surface area contributed by atoms with Crippen LogP contribution in [0.1, 0.15) is 11.4 Å². The molecule has 3 rings (SSSR count). The maximum absolute atomic E-state index is 13.8. The maximum Gasteiger partial charge on any atom is 0.166 e. The number of rotatable bonds is 6. The number of imidazole rings is 1. The van der Waals surface area contributed by atoms with Gasteiger partial charge in [0.1, 0.15) is 24.8 Å². The van der Waals surface area contributed by atoms with Crippen LogP contribution in [0.3, 0.4) is 0 Å². The summed E-state index contributed by atoms with van der Waals surface area (Å²) in [7, 11) is 0. The summed E-state index contributed by atoms with van der Waals surface area (Å²) in [6.45, 7) is 2.45. The van der Waals surface area contributed by atoms with E-state index in [0.717, 1.165) is 11.5 Å². The number of hydrogen-bond donors (Lipinski definition) is 0. The molecule has 0 fully saturated rings. The van der Waals surface area contributed by atoms with E-state index < -0.39 is 5.82 Å². The van der Waals surface area contributed by atoms with Crippen molar-refractivity contribution in [3.63, 3.8) is 0 Å². The van der Waals surface area contributed by atoms with Gasteiger partial charge in [0.05, 0.1) is 5.69 Å². The van der Waals surface area contributed by atoms with E-state index >= 15 is 0 Å². The Hall–Kier alpha value is -3.26. The number of terminal acetylenes is 1. The third-order valence-electron chi connectivity index (χ3n) is 3.63. The highest BCUT2D eigenvalue weighted by Gasteiger charge is 2.05. The summed E-state index contributed by atoms with van der Waals surface area (Å²) >= 11 is 0. The lowest BCUT2D eigenvalue weighted by atomic mass is 10.2. The Labute approximate surface area is 145 Å². The van der Waals surface area contributed by atoms with Gasteiger partial charge in [0.15, 0.2) is 11.6 Å². The van der Waals surface area contributed by atoms with E-state index in [9.17, 15) is 4.39 Å². The molecule has 0 atom stereocenters. The van der Waals surface area contributed by atoms with Gasteiger partial charge < -0.3 is 14.0 Å². The predicted molar refractivity (Wildman–Crippen MR) is 93.6 cm³/mol. The molecule has 126 valence electrons. The normalized spacial score (nSPS) is 10.3. The molecule has 2 aromatic carbocycles. The van der Waals surface area contributed by atoms with Gasteiger partial charge in [-0.15, -0.1) is 6.42 Å². The summed E-state index contributed by atoms with van der Waals surface area (Å²) < 4.78 is 26.8. The first-order chi connectivity index (χ1) is 12.2. The van der Waals surface area contributed by atoms with E-state index in [1.54, 1.807) is 12.3 Å². The van der Waals surface area contributed by atoms with Crippen LogP contribution in [0.4, 0.5) is 4.39 Å². The first-order valence-electron chi connectivity index (χ1n) is 7.79. The van der Waals surface area contributed by atoms with Crippen molar-refractivity contribution < 1.29 is 13.9 Å². The van der Waals surface area contributed by atoms with Crippen LogP contribution >= 0.6 is 0 Å². The maximum atomic E-state index is 13.8. The first kappa shape index (κ1) is 16.6. The highest BCUT2D eigenvalue weighted by atomic mass is 19.1. The largest absolute Gasteiger partial charge is 0.490 e. The minimum absolute atomic E-state index is 0.158. The fraction of sp³-hybridized carbons (Fsp3) is 0.150. The van der Waals surface area contributed by atoms with Crippen LogP contribution in [0.15, 0.2) is 54.9 Å². The zero-order valence-electron chi connectivity index (χ0n) is 13.8. The monoisotopic (exact) mass is 336 g/mol. The van der Waals surface area contributed by atoms with Gasteiger partial charge in [-0.3, -0.25) is 0 Å². The summed E-state index contributed by atoms with van der Waals surface area (Å²) in [6.07, 6.45) is 8.86. The number of nitrogens with zero attached hydrogens (tertiary/aromatic N) is 2. The number of aryl methyl sites for hydroxylation is 1. The Kier molecular flexibility index (Phi) is 5.00. The molecule has 0 N–H and O–H groups in total. The zero-order chi connectivity index (χ0) is 17.6. The van der Waals surface area contributed by atoms with E-state index in [1.165, 1.54) is 12.1 Å². The molecule has 1 aromatic heterocycles. The second-order valence-corrected chi connectivity index (χ2v) is 5.33. The Morgan fingerprint density at radius 3 is 2.72 bits per heavy atom. The average molecular weight is 336 g/mol. The van der Waals surface area contributed by atoms with Crippen molar-refractivity contribution >= 4 is 0 Å². The molecular weight excluding hydrogens is 319 g/mol. The van der Waals surface area contributed by atoms with Gasteiger partial charge in [-0.2, -0.15) is 0 Å². The van der Waals surface area contributed by atoms with Crippen LogP contribution in [0.25, 0.3) is 5.69 Å². The third kappa shape index (κ3) is 3.99. The van der Waals surface area contributed by atoms with Crippen molar-refractivity contribution in [3.8, 4) is 29.5 Å². The number of halogens is 1. The van der Waals surface area contributed by atoms with Crippen LogP contribution in [-0.2, 0) is 0 Å². The summed E-state index contributed by atoms with van der Waals surface area (Å²) in [5, 5.41) is 0. The van der Waals surface area contributed by atoms with Crippen molar-refractivity contribution in [3.05, 3.63) is 72.1 Å². The number of hydrogen-bond acceptors (Lipinski definition) is 3. The molecule has 0 radical (unpaired) electrons. The molecular formula is C20H17FN2O2. The van der Waals surface area contributed by atoms with Gasteiger partial charge >= 0.3 is 0 Å². The highest BCUT2D eigenvalue weighted by Crippen LogP contribution is 2.19. The molecule has 4 nitrogen and oxygen atoms in total. The van der Waals surface area contributed by atoms with E-state index in [4.69, 9.17) is 15.9 Å². The first-order valence-corrected chi connectivity index (χ1v) is 7.79. The van der Waals surface area contributed by atoms with E-state index in [-0.39, 0.29) is 12.4 Å². The van der Waals surface area contributed by atoms with Gasteiger partial charge in [0.25, 0.3) is 0 Å². The molecule has 0 saturated heterocycles. The molecule has 0 saturated carbocycles. The smallest absolute Gasteiger partial charge is 0.166 e. The third-order valence-corrected chi connectivity index (χ3v) is 3.63. The molecule has 25 heavy (non-hydrogen) atoms. The molecule has 5 heteroatoms. The van der Waals surface area contributed by atoms with Gasteiger partial charge in [0.2, 0.25) is 0 Å².